The molecule has 0 radical (unpaired) electrons. The summed E-state index contributed by atoms with van der Waals surface area (Å²) >= 11 is 0. The third-order valence-electron chi connectivity index (χ3n) is 8.88. The van der Waals surface area contributed by atoms with Gasteiger partial charge in [-0.25, -0.2) is 0 Å². The first-order chi connectivity index (χ1) is 19.3. The standard InChI is InChI=1S/C32H41F3N4O/c1-36-20-22-38(23-21-36)29-13-8-26(9-14-29)24-39(30-16-18-37(19-17-30)28-4-2-3-5-28)31(40)15-10-25-6-11-27(12-7-25)32(33,34)35/h6-15,28,30H,2-5,16-24H2,1H3. The summed E-state index contributed by atoms with van der Waals surface area (Å²) in [5.41, 5.74) is 2.19. The van der Waals surface area contributed by atoms with Gasteiger partial charge in [0.1, 0.15) is 0 Å². The maximum atomic E-state index is 13.6. The Hall–Kier alpha value is -2.84. The van der Waals surface area contributed by atoms with Crippen molar-refractivity contribution in [3.63, 3.8) is 0 Å². The SMILES string of the molecule is CN1CCN(c2ccc(CN(C(=O)C=Cc3ccc(C(F)(F)F)cc3)C3CCN(C4CCCC4)CC3)cc2)CC1. The van der Waals surface area contributed by atoms with E-state index in [2.05, 4.69) is 46.0 Å². The highest BCUT2D eigenvalue weighted by Crippen LogP contribution is 2.30. The fourth-order valence-electron chi connectivity index (χ4n) is 6.34. The zero-order chi connectivity index (χ0) is 28.1. The third kappa shape index (κ3) is 7.26. The van der Waals surface area contributed by atoms with Crippen molar-refractivity contribution in [2.45, 2.75) is 63.3 Å². The van der Waals surface area contributed by atoms with Crippen LogP contribution in [0.5, 0.6) is 0 Å². The number of likely N-dealkylation sites (tertiary alicyclic amines) is 1. The number of piperazine rings is 1. The van der Waals surface area contributed by atoms with Crippen LogP contribution in [0.2, 0.25) is 0 Å². The Bertz CT molecular complexity index is 1130. The first-order valence-electron chi connectivity index (χ1n) is 14.7. The highest BCUT2D eigenvalue weighted by Gasteiger charge is 2.32. The number of hydrogen-bond donors (Lipinski definition) is 0. The number of amides is 1. The zero-order valence-electron chi connectivity index (χ0n) is 23.5. The quantitative estimate of drug-likeness (QED) is 0.399. The molecular formula is C32H41F3N4O. The minimum atomic E-state index is -4.37. The van der Waals surface area contributed by atoms with Crippen LogP contribution in [0.1, 0.15) is 55.2 Å². The number of carbonyl (C=O) groups excluding carboxylic acids is 1. The minimum Gasteiger partial charge on any atom is -0.369 e. The number of likely N-dealkylation sites (N-methyl/N-ethyl adjacent to an activating group) is 1. The summed E-state index contributed by atoms with van der Waals surface area (Å²) < 4.78 is 38.8. The number of nitrogens with zero attached hydrogens (tertiary/aromatic N) is 4. The van der Waals surface area contributed by atoms with E-state index in [1.807, 2.05) is 4.90 Å². The number of alkyl halides is 3. The van der Waals surface area contributed by atoms with Gasteiger partial charge in [-0.3, -0.25) is 4.79 Å². The van der Waals surface area contributed by atoms with Crippen LogP contribution in [0, 0.1) is 0 Å². The van der Waals surface area contributed by atoms with E-state index in [-0.39, 0.29) is 11.9 Å². The van der Waals surface area contributed by atoms with Crippen LogP contribution in [-0.2, 0) is 17.5 Å². The molecular weight excluding hydrogens is 513 g/mol. The number of carbonyl (C=O) groups is 1. The predicted octanol–water partition coefficient (Wildman–Crippen LogP) is 5.91. The van der Waals surface area contributed by atoms with Crippen molar-refractivity contribution in [3.8, 4) is 0 Å². The molecule has 1 saturated carbocycles. The van der Waals surface area contributed by atoms with E-state index in [4.69, 9.17) is 0 Å². The summed E-state index contributed by atoms with van der Waals surface area (Å²) in [4.78, 5) is 22.9. The normalized spacial score (nSPS) is 20.4. The zero-order valence-corrected chi connectivity index (χ0v) is 23.5. The smallest absolute Gasteiger partial charge is 0.369 e. The fourth-order valence-corrected chi connectivity index (χ4v) is 6.34. The predicted molar refractivity (Wildman–Crippen MR) is 154 cm³/mol. The maximum absolute atomic E-state index is 13.6. The molecule has 2 aliphatic heterocycles. The van der Waals surface area contributed by atoms with Crippen molar-refractivity contribution in [1.29, 1.82) is 0 Å². The van der Waals surface area contributed by atoms with E-state index in [1.165, 1.54) is 49.6 Å². The van der Waals surface area contributed by atoms with Crippen LogP contribution in [0.25, 0.3) is 6.08 Å². The summed E-state index contributed by atoms with van der Waals surface area (Å²) in [5.74, 6) is -0.0950. The van der Waals surface area contributed by atoms with Gasteiger partial charge in [0.25, 0.3) is 0 Å². The molecule has 40 heavy (non-hydrogen) atoms. The first-order valence-corrected chi connectivity index (χ1v) is 14.7. The van der Waals surface area contributed by atoms with Gasteiger partial charge in [0.15, 0.2) is 0 Å². The van der Waals surface area contributed by atoms with E-state index in [9.17, 15) is 18.0 Å². The van der Waals surface area contributed by atoms with E-state index >= 15 is 0 Å². The molecule has 0 aromatic heterocycles. The average molecular weight is 555 g/mol. The molecule has 2 heterocycles. The molecule has 3 fully saturated rings. The third-order valence-corrected chi connectivity index (χ3v) is 8.88. The fraction of sp³-hybridized carbons (Fsp3) is 0.531. The van der Waals surface area contributed by atoms with Crippen LogP contribution >= 0.6 is 0 Å². The minimum absolute atomic E-state index is 0.0950. The molecule has 1 amide bonds. The van der Waals surface area contributed by atoms with Crippen molar-refractivity contribution >= 4 is 17.7 Å². The molecule has 216 valence electrons. The lowest BCUT2D eigenvalue weighted by Gasteiger charge is -2.40. The van der Waals surface area contributed by atoms with Crippen LogP contribution in [0.15, 0.2) is 54.6 Å². The van der Waals surface area contributed by atoms with E-state index in [1.54, 1.807) is 6.08 Å². The van der Waals surface area contributed by atoms with Gasteiger partial charge in [0.05, 0.1) is 5.56 Å². The number of hydrogen-bond acceptors (Lipinski definition) is 4. The Morgan fingerprint density at radius 3 is 2.10 bits per heavy atom. The maximum Gasteiger partial charge on any atom is 0.416 e. The topological polar surface area (TPSA) is 30.0 Å². The van der Waals surface area contributed by atoms with E-state index < -0.39 is 11.7 Å². The van der Waals surface area contributed by atoms with Gasteiger partial charge in [-0.05, 0) is 74.2 Å². The highest BCUT2D eigenvalue weighted by molar-refractivity contribution is 5.92. The highest BCUT2D eigenvalue weighted by atomic mass is 19.4. The van der Waals surface area contributed by atoms with Crippen LogP contribution in [0.3, 0.4) is 0 Å². The Labute approximate surface area is 236 Å². The summed E-state index contributed by atoms with van der Waals surface area (Å²) in [6.07, 6.45) is 5.84. The van der Waals surface area contributed by atoms with Gasteiger partial charge < -0.3 is 19.6 Å². The largest absolute Gasteiger partial charge is 0.416 e. The molecule has 5 rings (SSSR count). The summed E-state index contributed by atoms with van der Waals surface area (Å²) in [6, 6.07) is 14.3. The Balaban J connectivity index is 1.28. The Kier molecular flexibility index (Phi) is 9.16. The molecule has 5 nitrogen and oxygen atoms in total. The van der Waals surface area contributed by atoms with Crippen LogP contribution in [-0.4, -0.2) is 79.0 Å². The molecule has 2 saturated heterocycles. The monoisotopic (exact) mass is 554 g/mol. The second-order valence-electron chi connectivity index (χ2n) is 11.6. The van der Waals surface area contributed by atoms with Crippen molar-refractivity contribution in [3.05, 3.63) is 71.3 Å². The van der Waals surface area contributed by atoms with Crippen LogP contribution < -0.4 is 4.90 Å². The van der Waals surface area contributed by atoms with Crippen molar-refractivity contribution < 1.29 is 18.0 Å². The van der Waals surface area contributed by atoms with Gasteiger partial charge in [-0.2, -0.15) is 13.2 Å². The summed E-state index contributed by atoms with van der Waals surface area (Å²) in [6.45, 7) is 6.65. The van der Waals surface area contributed by atoms with Gasteiger partial charge >= 0.3 is 6.18 Å². The number of anilines is 1. The molecule has 0 unspecified atom stereocenters. The number of benzene rings is 2. The lowest BCUT2D eigenvalue weighted by atomic mass is 9.99. The number of rotatable bonds is 7. The van der Waals surface area contributed by atoms with Gasteiger partial charge in [0, 0.05) is 69.7 Å². The molecule has 3 aliphatic rings. The Morgan fingerprint density at radius 1 is 0.875 bits per heavy atom. The van der Waals surface area contributed by atoms with E-state index in [0.29, 0.717) is 18.2 Å². The molecule has 1 aliphatic carbocycles. The molecule has 2 aromatic rings. The first kappa shape index (κ1) is 28.7. The molecule has 0 bridgehead atoms. The lowest BCUT2D eigenvalue weighted by Crippen LogP contribution is -2.48. The second kappa shape index (κ2) is 12.8. The molecule has 2 aromatic carbocycles. The lowest BCUT2D eigenvalue weighted by molar-refractivity contribution is -0.137. The molecule has 0 atom stereocenters. The van der Waals surface area contributed by atoms with Gasteiger partial charge in [-0.1, -0.05) is 37.1 Å². The van der Waals surface area contributed by atoms with Crippen molar-refractivity contribution in [2.75, 3.05) is 51.2 Å². The van der Waals surface area contributed by atoms with Crippen LogP contribution in [0.4, 0.5) is 18.9 Å². The number of piperidine rings is 1. The average Bonchev–Trinajstić information content (AvgIpc) is 3.51. The van der Waals surface area contributed by atoms with E-state index in [0.717, 1.165) is 69.8 Å². The summed E-state index contributed by atoms with van der Waals surface area (Å²) in [7, 11) is 2.15. The van der Waals surface area contributed by atoms with Crippen molar-refractivity contribution in [2.24, 2.45) is 0 Å². The van der Waals surface area contributed by atoms with Crippen molar-refractivity contribution in [1.82, 2.24) is 14.7 Å². The molecule has 0 N–H and O–H groups in total. The van der Waals surface area contributed by atoms with Gasteiger partial charge in [0.2, 0.25) is 5.91 Å². The molecule has 0 spiro atoms. The van der Waals surface area contributed by atoms with Gasteiger partial charge in [-0.15, -0.1) is 0 Å². The second-order valence-corrected chi connectivity index (χ2v) is 11.6. The summed E-state index contributed by atoms with van der Waals surface area (Å²) in [5, 5.41) is 0. The molecule has 8 heteroatoms. The number of halogens is 3. The Morgan fingerprint density at radius 2 is 1.50 bits per heavy atom.